The van der Waals surface area contributed by atoms with Crippen LogP contribution in [0.4, 0.5) is 0 Å². The highest BCUT2D eigenvalue weighted by Crippen LogP contribution is 2.26. The van der Waals surface area contributed by atoms with Crippen molar-refractivity contribution in [3.63, 3.8) is 0 Å². The number of primary amides is 1. The SMILES string of the molecule is COCCCOc1ccc(CC(N)=O)cc1Br. The highest BCUT2D eigenvalue weighted by atomic mass is 79.9. The van der Waals surface area contributed by atoms with Crippen molar-refractivity contribution in [2.45, 2.75) is 12.8 Å². The molecule has 1 rings (SSSR count). The lowest BCUT2D eigenvalue weighted by Crippen LogP contribution is -2.13. The average Bonchev–Trinajstić information content (AvgIpc) is 2.26. The van der Waals surface area contributed by atoms with E-state index in [0.29, 0.717) is 13.2 Å². The number of hydrogen-bond donors (Lipinski definition) is 1. The molecular weight excluding hydrogens is 286 g/mol. The van der Waals surface area contributed by atoms with Gasteiger partial charge in [0.1, 0.15) is 5.75 Å². The van der Waals surface area contributed by atoms with E-state index < -0.39 is 0 Å². The average molecular weight is 302 g/mol. The molecule has 0 bridgehead atoms. The van der Waals surface area contributed by atoms with Crippen molar-refractivity contribution in [3.8, 4) is 5.75 Å². The molecule has 1 aromatic rings. The number of ether oxygens (including phenoxy) is 2. The Morgan fingerprint density at radius 1 is 1.41 bits per heavy atom. The molecular formula is C12H16BrNO3. The molecule has 0 atom stereocenters. The summed E-state index contributed by atoms with van der Waals surface area (Å²) in [6.45, 7) is 1.28. The quantitative estimate of drug-likeness (QED) is 0.782. The predicted octanol–water partition coefficient (Wildman–Crippen LogP) is 1.89. The van der Waals surface area contributed by atoms with Crippen LogP contribution < -0.4 is 10.5 Å². The molecule has 1 aromatic carbocycles. The van der Waals surface area contributed by atoms with Crippen LogP contribution >= 0.6 is 15.9 Å². The minimum atomic E-state index is -0.342. The molecule has 4 nitrogen and oxygen atoms in total. The summed E-state index contributed by atoms with van der Waals surface area (Å²) in [5.41, 5.74) is 6.00. The van der Waals surface area contributed by atoms with E-state index in [1.807, 2.05) is 18.2 Å². The Bertz CT molecular complexity index is 382. The Labute approximate surface area is 109 Å². The van der Waals surface area contributed by atoms with Crippen LogP contribution in [0.5, 0.6) is 5.75 Å². The summed E-state index contributed by atoms with van der Waals surface area (Å²) in [5, 5.41) is 0. The van der Waals surface area contributed by atoms with Crippen molar-refractivity contribution in [1.82, 2.24) is 0 Å². The van der Waals surface area contributed by atoms with Gasteiger partial charge in [0, 0.05) is 20.1 Å². The number of carbonyl (C=O) groups excluding carboxylic acids is 1. The third-order valence-corrected chi connectivity index (χ3v) is 2.74. The summed E-state index contributed by atoms with van der Waals surface area (Å²) < 4.78 is 11.3. The Balaban J connectivity index is 2.54. The number of carbonyl (C=O) groups is 1. The van der Waals surface area contributed by atoms with Gasteiger partial charge in [0.05, 0.1) is 17.5 Å². The van der Waals surface area contributed by atoms with Gasteiger partial charge in [-0.25, -0.2) is 0 Å². The van der Waals surface area contributed by atoms with Crippen molar-refractivity contribution in [2.24, 2.45) is 5.73 Å². The fraction of sp³-hybridized carbons (Fsp3) is 0.417. The van der Waals surface area contributed by atoms with Crippen LogP contribution in [0.3, 0.4) is 0 Å². The predicted molar refractivity (Wildman–Crippen MR) is 69.0 cm³/mol. The lowest BCUT2D eigenvalue weighted by Gasteiger charge is -2.09. The van der Waals surface area contributed by atoms with Gasteiger partial charge in [0.15, 0.2) is 0 Å². The van der Waals surface area contributed by atoms with Crippen LogP contribution in [-0.2, 0) is 16.0 Å². The number of benzene rings is 1. The maximum atomic E-state index is 10.8. The minimum absolute atomic E-state index is 0.239. The molecule has 94 valence electrons. The fourth-order valence-electron chi connectivity index (χ4n) is 1.36. The van der Waals surface area contributed by atoms with Gasteiger partial charge in [-0.2, -0.15) is 0 Å². The maximum absolute atomic E-state index is 10.8. The Kier molecular flexibility index (Phi) is 6.00. The zero-order valence-corrected chi connectivity index (χ0v) is 11.3. The molecule has 0 saturated heterocycles. The van der Waals surface area contributed by atoms with Crippen LogP contribution in [0.1, 0.15) is 12.0 Å². The zero-order chi connectivity index (χ0) is 12.7. The molecule has 5 heteroatoms. The highest BCUT2D eigenvalue weighted by Gasteiger charge is 2.04. The largest absolute Gasteiger partial charge is 0.492 e. The molecule has 2 N–H and O–H groups in total. The van der Waals surface area contributed by atoms with Crippen molar-refractivity contribution in [2.75, 3.05) is 20.3 Å². The minimum Gasteiger partial charge on any atom is -0.492 e. The lowest BCUT2D eigenvalue weighted by atomic mass is 10.1. The summed E-state index contributed by atoms with van der Waals surface area (Å²) >= 11 is 3.40. The number of methoxy groups -OCH3 is 1. The fourth-order valence-corrected chi connectivity index (χ4v) is 1.90. The second kappa shape index (κ2) is 7.29. The van der Waals surface area contributed by atoms with Gasteiger partial charge < -0.3 is 15.2 Å². The molecule has 0 aliphatic rings. The van der Waals surface area contributed by atoms with Crippen molar-refractivity contribution in [3.05, 3.63) is 28.2 Å². The second-order valence-corrected chi connectivity index (χ2v) is 4.46. The molecule has 0 aromatic heterocycles. The normalized spacial score (nSPS) is 10.2. The molecule has 1 amide bonds. The van der Waals surface area contributed by atoms with Gasteiger partial charge in [-0.05, 0) is 33.6 Å². The van der Waals surface area contributed by atoms with Crippen molar-refractivity contribution in [1.29, 1.82) is 0 Å². The van der Waals surface area contributed by atoms with Crippen LogP contribution in [-0.4, -0.2) is 26.2 Å². The third kappa shape index (κ3) is 5.19. The van der Waals surface area contributed by atoms with E-state index >= 15 is 0 Å². The second-order valence-electron chi connectivity index (χ2n) is 3.60. The van der Waals surface area contributed by atoms with E-state index in [1.54, 1.807) is 7.11 Å². The molecule has 0 heterocycles. The van der Waals surface area contributed by atoms with Crippen molar-refractivity contribution >= 4 is 21.8 Å². The molecule has 0 unspecified atom stereocenters. The maximum Gasteiger partial charge on any atom is 0.221 e. The van der Waals surface area contributed by atoms with E-state index in [0.717, 1.165) is 22.2 Å². The first-order valence-electron chi connectivity index (χ1n) is 5.32. The number of amides is 1. The molecule has 0 aliphatic carbocycles. The van der Waals surface area contributed by atoms with Gasteiger partial charge in [0.2, 0.25) is 5.91 Å². The van der Waals surface area contributed by atoms with Gasteiger partial charge in [0.25, 0.3) is 0 Å². The number of hydrogen-bond acceptors (Lipinski definition) is 3. The van der Waals surface area contributed by atoms with E-state index in [9.17, 15) is 4.79 Å². The van der Waals surface area contributed by atoms with Gasteiger partial charge in [-0.15, -0.1) is 0 Å². The first kappa shape index (κ1) is 14.0. The van der Waals surface area contributed by atoms with Crippen LogP contribution in [0.15, 0.2) is 22.7 Å². The molecule has 0 aliphatic heterocycles. The standard InChI is InChI=1S/C12H16BrNO3/c1-16-5-2-6-17-11-4-3-9(7-10(11)13)8-12(14)15/h3-4,7H,2,5-6,8H2,1H3,(H2,14,15). The Hall–Kier alpha value is -1.07. The number of halogens is 1. The smallest absolute Gasteiger partial charge is 0.221 e. The Morgan fingerprint density at radius 2 is 2.18 bits per heavy atom. The monoisotopic (exact) mass is 301 g/mol. The molecule has 0 radical (unpaired) electrons. The van der Waals surface area contributed by atoms with Gasteiger partial charge in [-0.1, -0.05) is 6.07 Å². The van der Waals surface area contributed by atoms with E-state index in [1.165, 1.54) is 0 Å². The third-order valence-electron chi connectivity index (χ3n) is 2.13. The Morgan fingerprint density at radius 3 is 2.76 bits per heavy atom. The van der Waals surface area contributed by atoms with E-state index in [4.69, 9.17) is 15.2 Å². The zero-order valence-electron chi connectivity index (χ0n) is 9.74. The molecule has 17 heavy (non-hydrogen) atoms. The van der Waals surface area contributed by atoms with Crippen LogP contribution in [0, 0.1) is 0 Å². The first-order chi connectivity index (χ1) is 8.13. The first-order valence-corrected chi connectivity index (χ1v) is 6.11. The number of nitrogens with two attached hydrogens (primary N) is 1. The molecule has 0 saturated carbocycles. The lowest BCUT2D eigenvalue weighted by molar-refractivity contribution is -0.117. The summed E-state index contributed by atoms with van der Waals surface area (Å²) in [6, 6.07) is 5.51. The van der Waals surface area contributed by atoms with E-state index in [-0.39, 0.29) is 12.3 Å². The summed E-state index contributed by atoms with van der Waals surface area (Å²) in [6.07, 6.45) is 1.08. The summed E-state index contributed by atoms with van der Waals surface area (Å²) in [5.74, 6) is 0.417. The number of rotatable bonds is 7. The molecule has 0 spiro atoms. The summed E-state index contributed by atoms with van der Waals surface area (Å²) in [7, 11) is 1.66. The van der Waals surface area contributed by atoms with Crippen LogP contribution in [0.2, 0.25) is 0 Å². The topological polar surface area (TPSA) is 61.6 Å². The van der Waals surface area contributed by atoms with Crippen molar-refractivity contribution < 1.29 is 14.3 Å². The van der Waals surface area contributed by atoms with Gasteiger partial charge in [-0.3, -0.25) is 4.79 Å². The van der Waals surface area contributed by atoms with E-state index in [2.05, 4.69) is 15.9 Å². The molecule has 0 fully saturated rings. The van der Waals surface area contributed by atoms with Crippen LogP contribution in [0.25, 0.3) is 0 Å². The summed E-state index contributed by atoms with van der Waals surface area (Å²) in [4.78, 5) is 10.8. The van der Waals surface area contributed by atoms with Gasteiger partial charge >= 0.3 is 0 Å². The highest BCUT2D eigenvalue weighted by molar-refractivity contribution is 9.10.